The second-order valence-electron chi connectivity index (χ2n) is 4.54. The summed E-state index contributed by atoms with van der Waals surface area (Å²) in [7, 11) is 0. The molecule has 98 valence electrons. The molecule has 0 saturated heterocycles. The number of rotatable bonds is 2. The van der Waals surface area contributed by atoms with Crippen molar-refractivity contribution < 1.29 is 8.94 Å². The van der Waals surface area contributed by atoms with Crippen molar-refractivity contribution in [2.75, 3.05) is 0 Å². The molecule has 2 aromatic heterocycles. The first-order chi connectivity index (χ1) is 8.19. The van der Waals surface area contributed by atoms with Crippen LogP contribution in [0.4, 0.5) is 0 Å². The van der Waals surface area contributed by atoms with E-state index in [0.717, 1.165) is 25.7 Å². The Bertz CT molecular complexity index is 531. The van der Waals surface area contributed by atoms with Crippen LogP contribution in [0.5, 0.6) is 0 Å². The summed E-state index contributed by atoms with van der Waals surface area (Å²) in [5.41, 5.74) is 6.41. The Kier molecular flexibility index (Phi) is 3.41. The van der Waals surface area contributed by atoms with Crippen LogP contribution in [0.2, 0.25) is 0 Å². The molecule has 7 heteroatoms. The van der Waals surface area contributed by atoms with E-state index in [1.54, 1.807) is 6.92 Å². The van der Waals surface area contributed by atoms with Gasteiger partial charge >= 0.3 is 0 Å². The summed E-state index contributed by atoms with van der Waals surface area (Å²) in [6.07, 6.45) is 5.41. The van der Waals surface area contributed by atoms with E-state index in [9.17, 15) is 0 Å². The van der Waals surface area contributed by atoms with Crippen LogP contribution < -0.4 is 5.73 Å². The SMILES string of the molecule is Cc1ocnc1-c1nc(C2(N)CCCC2)no1.Cl. The fourth-order valence-electron chi connectivity index (χ4n) is 2.26. The van der Waals surface area contributed by atoms with Gasteiger partial charge in [-0.15, -0.1) is 12.4 Å². The maximum Gasteiger partial charge on any atom is 0.280 e. The van der Waals surface area contributed by atoms with Gasteiger partial charge in [-0.3, -0.25) is 0 Å². The van der Waals surface area contributed by atoms with Crippen LogP contribution in [0.3, 0.4) is 0 Å². The second-order valence-corrected chi connectivity index (χ2v) is 4.54. The van der Waals surface area contributed by atoms with Gasteiger partial charge in [0.2, 0.25) is 0 Å². The predicted molar refractivity (Wildman–Crippen MR) is 66.1 cm³/mol. The van der Waals surface area contributed by atoms with E-state index < -0.39 is 5.54 Å². The van der Waals surface area contributed by atoms with E-state index in [2.05, 4.69) is 15.1 Å². The summed E-state index contributed by atoms with van der Waals surface area (Å²) < 4.78 is 10.3. The lowest BCUT2D eigenvalue weighted by Gasteiger charge is -2.17. The lowest BCUT2D eigenvalue weighted by atomic mass is 9.99. The van der Waals surface area contributed by atoms with Crippen LogP contribution in [0.25, 0.3) is 11.6 Å². The van der Waals surface area contributed by atoms with Crippen molar-refractivity contribution in [1.82, 2.24) is 15.1 Å². The number of hydrogen-bond acceptors (Lipinski definition) is 6. The third-order valence-electron chi connectivity index (χ3n) is 3.31. The van der Waals surface area contributed by atoms with Crippen molar-refractivity contribution >= 4 is 12.4 Å². The fraction of sp³-hybridized carbons (Fsp3) is 0.545. The molecule has 1 fully saturated rings. The molecule has 2 aromatic rings. The Hall–Kier alpha value is -1.40. The van der Waals surface area contributed by atoms with Gasteiger partial charge in [0, 0.05) is 0 Å². The molecule has 1 saturated carbocycles. The van der Waals surface area contributed by atoms with Crippen LogP contribution in [0.15, 0.2) is 15.3 Å². The van der Waals surface area contributed by atoms with E-state index in [1.165, 1.54) is 6.39 Å². The average Bonchev–Trinajstić information content (AvgIpc) is 2.97. The molecule has 2 heterocycles. The van der Waals surface area contributed by atoms with Gasteiger partial charge in [-0.25, -0.2) is 4.98 Å². The molecule has 0 amide bonds. The lowest BCUT2D eigenvalue weighted by molar-refractivity contribution is 0.372. The first-order valence-corrected chi connectivity index (χ1v) is 5.72. The maximum absolute atomic E-state index is 6.26. The quantitative estimate of drug-likeness (QED) is 0.899. The topological polar surface area (TPSA) is 91.0 Å². The van der Waals surface area contributed by atoms with E-state index in [0.29, 0.717) is 23.2 Å². The first kappa shape index (κ1) is 13.0. The third-order valence-corrected chi connectivity index (χ3v) is 3.31. The van der Waals surface area contributed by atoms with Crippen molar-refractivity contribution in [2.45, 2.75) is 38.1 Å². The molecule has 0 spiro atoms. The molecule has 3 rings (SSSR count). The van der Waals surface area contributed by atoms with Crippen molar-refractivity contribution in [3.8, 4) is 11.6 Å². The molecule has 1 aliphatic carbocycles. The Labute approximate surface area is 110 Å². The molecule has 2 N–H and O–H groups in total. The van der Waals surface area contributed by atoms with Gasteiger partial charge in [0.05, 0.1) is 5.54 Å². The molecule has 0 bridgehead atoms. The zero-order chi connectivity index (χ0) is 11.9. The molecule has 18 heavy (non-hydrogen) atoms. The van der Waals surface area contributed by atoms with Crippen molar-refractivity contribution in [1.29, 1.82) is 0 Å². The molecular formula is C11H15ClN4O2. The smallest absolute Gasteiger partial charge is 0.280 e. The Morgan fingerprint density at radius 2 is 2.06 bits per heavy atom. The molecule has 0 aliphatic heterocycles. The zero-order valence-electron chi connectivity index (χ0n) is 10.0. The normalized spacial score (nSPS) is 17.7. The summed E-state index contributed by atoms with van der Waals surface area (Å²) in [5.74, 6) is 1.62. The highest BCUT2D eigenvalue weighted by Crippen LogP contribution is 2.35. The van der Waals surface area contributed by atoms with Crippen LogP contribution in [-0.4, -0.2) is 15.1 Å². The zero-order valence-corrected chi connectivity index (χ0v) is 10.9. The van der Waals surface area contributed by atoms with Gasteiger partial charge in [-0.2, -0.15) is 4.98 Å². The standard InChI is InChI=1S/C11H14N4O2.ClH/c1-7-8(13-6-16-7)9-14-10(15-17-9)11(12)4-2-3-5-11;/h6H,2-5,12H2,1H3;1H. The van der Waals surface area contributed by atoms with E-state index >= 15 is 0 Å². The highest BCUT2D eigenvalue weighted by molar-refractivity contribution is 5.85. The second kappa shape index (κ2) is 4.70. The van der Waals surface area contributed by atoms with Crippen LogP contribution in [0, 0.1) is 6.92 Å². The van der Waals surface area contributed by atoms with Crippen molar-refractivity contribution in [3.05, 3.63) is 18.0 Å². The van der Waals surface area contributed by atoms with Gasteiger partial charge < -0.3 is 14.7 Å². The van der Waals surface area contributed by atoms with Crippen molar-refractivity contribution in [2.24, 2.45) is 5.73 Å². The largest absolute Gasteiger partial charge is 0.448 e. The molecule has 0 radical (unpaired) electrons. The molecule has 0 aromatic carbocycles. The molecule has 6 nitrogen and oxygen atoms in total. The van der Waals surface area contributed by atoms with Crippen LogP contribution >= 0.6 is 12.4 Å². The summed E-state index contributed by atoms with van der Waals surface area (Å²) in [6, 6.07) is 0. The molecule has 1 aliphatic rings. The lowest BCUT2D eigenvalue weighted by Crippen LogP contribution is -2.34. The molecule has 0 unspecified atom stereocenters. The van der Waals surface area contributed by atoms with E-state index in [4.69, 9.17) is 14.7 Å². The average molecular weight is 271 g/mol. The number of aryl methyl sites for hydroxylation is 1. The highest BCUT2D eigenvalue weighted by Gasteiger charge is 2.36. The van der Waals surface area contributed by atoms with Crippen LogP contribution in [0.1, 0.15) is 37.3 Å². The minimum Gasteiger partial charge on any atom is -0.448 e. The van der Waals surface area contributed by atoms with Gasteiger partial charge in [0.25, 0.3) is 5.89 Å². The van der Waals surface area contributed by atoms with Gasteiger partial charge in [0.1, 0.15) is 5.76 Å². The highest BCUT2D eigenvalue weighted by atomic mass is 35.5. The maximum atomic E-state index is 6.26. The molecular weight excluding hydrogens is 256 g/mol. The predicted octanol–water partition coefficient (Wildman–Crippen LogP) is 2.18. The Morgan fingerprint density at radius 3 is 2.67 bits per heavy atom. The minimum absolute atomic E-state index is 0. The van der Waals surface area contributed by atoms with Gasteiger partial charge in [-0.05, 0) is 19.8 Å². The number of nitrogens with zero attached hydrogens (tertiary/aromatic N) is 3. The number of halogens is 1. The van der Waals surface area contributed by atoms with E-state index in [-0.39, 0.29) is 12.4 Å². The van der Waals surface area contributed by atoms with Crippen LogP contribution in [-0.2, 0) is 5.54 Å². The van der Waals surface area contributed by atoms with Gasteiger partial charge in [-0.1, -0.05) is 18.0 Å². The van der Waals surface area contributed by atoms with E-state index in [1.807, 2.05) is 0 Å². The third kappa shape index (κ3) is 2.02. The summed E-state index contributed by atoms with van der Waals surface area (Å²) in [4.78, 5) is 8.39. The summed E-state index contributed by atoms with van der Waals surface area (Å²) >= 11 is 0. The minimum atomic E-state index is -0.431. The van der Waals surface area contributed by atoms with Crippen molar-refractivity contribution in [3.63, 3.8) is 0 Å². The number of hydrogen-bond donors (Lipinski definition) is 1. The number of oxazole rings is 1. The Balaban J connectivity index is 0.00000120. The Morgan fingerprint density at radius 1 is 1.33 bits per heavy atom. The monoisotopic (exact) mass is 270 g/mol. The fourth-order valence-corrected chi connectivity index (χ4v) is 2.26. The van der Waals surface area contributed by atoms with Gasteiger partial charge in [0.15, 0.2) is 17.9 Å². The molecule has 0 atom stereocenters. The number of nitrogens with two attached hydrogens (primary N) is 1. The summed E-state index contributed by atoms with van der Waals surface area (Å²) in [5, 5.41) is 3.97. The first-order valence-electron chi connectivity index (χ1n) is 5.72. The summed E-state index contributed by atoms with van der Waals surface area (Å²) in [6.45, 7) is 1.81. The number of aromatic nitrogens is 3.